The molecule has 0 atom stereocenters. The summed E-state index contributed by atoms with van der Waals surface area (Å²) < 4.78 is 49.6. The maximum Gasteiger partial charge on any atom is 0.416 e. The highest BCUT2D eigenvalue weighted by Crippen LogP contribution is 2.32. The third-order valence-corrected chi connectivity index (χ3v) is 1.79. The summed E-state index contributed by atoms with van der Waals surface area (Å²) in [6, 6.07) is 2.61. The fraction of sp³-hybridized carbons (Fsp3) is 0.333. The minimum atomic E-state index is -4.52. The molecule has 0 spiro atoms. The monoisotopic (exact) mass is 207 g/mol. The Morgan fingerprint density at radius 2 is 1.86 bits per heavy atom. The first-order chi connectivity index (χ1) is 6.45. The standard InChI is InChI=1S/C9H9F4N/c10-7-2-1-6(3-4-14)8(5-7)9(11,12)13/h1-2,5H,3-4,14H2. The first-order valence-corrected chi connectivity index (χ1v) is 4.01. The van der Waals surface area contributed by atoms with E-state index >= 15 is 0 Å². The van der Waals surface area contributed by atoms with Crippen LogP contribution in [0.4, 0.5) is 17.6 Å². The molecule has 0 aliphatic heterocycles. The number of rotatable bonds is 2. The van der Waals surface area contributed by atoms with Crippen molar-refractivity contribution in [2.45, 2.75) is 12.6 Å². The van der Waals surface area contributed by atoms with E-state index in [0.717, 1.165) is 12.1 Å². The van der Waals surface area contributed by atoms with Crippen molar-refractivity contribution in [1.29, 1.82) is 0 Å². The van der Waals surface area contributed by atoms with Gasteiger partial charge >= 0.3 is 6.18 Å². The van der Waals surface area contributed by atoms with Crippen LogP contribution in [0.3, 0.4) is 0 Å². The van der Waals surface area contributed by atoms with Gasteiger partial charge in [-0.1, -0.05) is 6.07 Å². The lowest BCUT2D eigenvalue weighted by Gasteiger charge is -2.11. The Balaban J connectivity index is 3.16. The summed E-state index contributed by atoms with van der Waals surface area (Å²) in [4.78, 5) is 0. The Kier molecular flexibility index (Phi) is 3.10. The molecule has 1 aromatic rings. The van der Waals surface area contributed by atoms with Gasteiger partial charge in [0.2, 0.25) is 0 Å². The summed E-state index contributed by atoms with van der Waals surface area (Å²) in [6.45, 7) is 0.106. The van der Waals surface area contributed by atoms with Crippen molar-refractivity contribution >= 4 is 0 Å². The van der Waals surface area contributed by atoms with Crippen LogP contribution in [0.15, 0.2) is 18.2 Å². The zero-order valence-electron chi connectivity index (χ0n) is 7.24. The number of nitrogens with two attached hydrogens (primary N) is 1. The molecule has 0 saturated carbocycles. The normalized spacial score (nSPS) is 11.8. The average molecular weight is 207 g/mol. The Morgan fingerprint density at radius 1 is 1.21 bits per heavy atom. The Bertz CT molecular complexity index is 319. The molecule has 0 aromatic heterocycles. The number of halogens is 4. The quantitative estimate of drug-likeness (QED) is 0.740. The molecule has 0 fully saturated rings. The topological polar surface area (TPSA) is 26.0 Å². The van der Waals surface area contributed by atoms with Crippen molar-refractivity contribution in [3.63, 3.8) is 0 Å². The van der Waals surface area contributed by atoms with Gasteiger partial charge in [0, 0.05) is 0 Å². The maximum atomic E-state index is 12.6. The average Bonchev–Trinajstić information content (AvgIpc) is 2.07. The number of hydrogen-bond acceptors (Lipinski definition) is 1. The van der Waals surface area contributed by atoms with Crippen LogP contribution in [0.2, 0.25) is 0 Å². The van der Waals surface area contributed by atoms with Gasteiger partial charge in [-0.05, 0) is 30.7 Å². The third-order valence-electron chi connectivity index (χ3n) is 1.79. The van der Waals surface area contributed by atoms with Gasteiger partial charge in [-0.15, -0.1) is 0 Å². The first kappa shape index (κ1) is 11.0. The van der Waals surface area contributed by atoms with E-state index < -0.39 is 17.6 Å². The molecule has 1 aromatic carbocycles. The fourth-order valence-corrected chi connectivity index (χ4v) is 1.19. The van der Waals surface area contributed by atoms with Crippen LogP contribution in [0.5, 0.6) is 0 Å². The molecule has 1 rings (SSSR count). The van der Waals surface area contributed by atoms with Crippen LogP contribution in [-0.4, -0.2) is 6.54 Å². The molecule has 5 heteroatoms. The van der Waals surface area contributed by atoms with Gasteiger partial charge in [0.1, 0.15) is 5.82 Å². The molecule has 1 nitrogen and oxygen atoms in total. The summed E-state index contributed by atoms with van der Waals surface area (Å²) in [7, 11) is 0. The van der Waals surface area contributed by atoms with Crippen LogP contribution < -0.4 is 5.73 Å². The second-order valence-electron chi connectivity index (χ2n) is 2.84. The van der Waals surface area contributed by atoms with Crippen LogP contribution in [-0.2, 0) is 12.6 Å². The zero-order valence-corrected chi connectivity index (χ0v) is 7.24. The van der Waals surface area contributed by atoms with Crippen molar-refractivity contribution in [3.05, 3.63) is 35.1 Å². The molecule has 0 amide bonds. The number of hydrogen-bond donors (Lipinski definition) is 1. The van der Waals surface area contributed by atoms with Gasteiger partial charge in [0.05, 0.1) is 5.56 Å². The largest absolute Gasteiger partial charge is 0.416 e. The minimum absolute atomic E-state index is 0.0291. The lowest BCUT2D eigenvalue weighted by molar-refractivity contribution is -0.138. The maximum absolute atomic E-state index is 12.6. The molecule has 0 aliphatic carbocycles. The predicted molar refractivity (Wildman–Crippen MR) is 44.2 cm³/mol. The van der Waals surface area contributed by atoms with E-state index in [2.05, 4.69) is 0 Å². The molecule has 14 heavy (non-hydrogen) atoms. The third kappa shape index (κ3) is 2.45. The van der Waals surface area contributed by atoms with Gasteiger partial charge < -0.3 is 5.73 Å². The molecule has 0 aliphatic rings. The fourth-order valence-electron chi connectivity index (χ4n) is 1.19. The van der Waals surface area contributed by atoms with Gasteiger partial charge in [0.25, 0.3) is 0 Å². The molecule has 2 N–H and O–H groups in total. The summed E-state index contributed by atoms with van der Waals surface area (Å²) >= 11 is 0. The van der Waals surface area contributed by atoms with Crippen LogP contribution >= 0.6 is 0 Å². The lowest BCUT2D eigenvalue weighted by Crippen LogP contribution is -2.12. The molecule has 0 heterocycles. The van der Waals surface area contributed by atoms with Crippen molar-refractivity contribution < 1.29 is 17.6 Å². The van der Waals surface area contributed by atoms with Gasteiger partial charge in [-0.3, -0.25) is 0 Å². The van der Waals surface area contributed by atoms with Gasteiger partial charge in [-0.2, -0.15) is 13.2 Å². The second-order valence-corrected chi connectivity index (χ2v) is 2.84. The summed E-state index contributed by atoms with van der Waals surface area (Å²) in [5.74, 6) is -0.891. The van der Waals surface area contributed by atoms with Crippen LogP contribution in [0, 0.1) is 5.82 Å². The molecule has 0 unspecified atom stereocenters. The van der Waals surface area contributed by atoms with Crippen molar-refractivity contribution in [2.24, 2.45) is 5.73 Å². The summed E-state index contributed by atoms with van der Waals surface area (Å²) in [6.07, 6.45) is -4.43. The van der Waals surface area contributed by atoms with E-state index in [-0.39, 0.29) is 18.5 Å². The molecule has 78 valence electrons. The molecule has 0 bridgehead atoms. The highest BCUT2D eigenvalue weighted by molar-refractivity contribution is 5.30. The molecular formula is C9H9F4N. The summed E-state index contributed by atoms with van der Waals surface area (Å²) in [5.41, 5.74) is 4.24. The Labute approximate surface area is 78.5 Å². The van der Waals surface area contributed by atoms with Gasteiger partial charge in [-0.25, -0.2) is 4.39 Å². The van der Waals surface area contributed by atoms with Gasteiger partial charge in [0.15, 0.2) is 0 Å². The van der Waals surface area contributed by atoms with E-state index in [1.807, 2.05) is 0 Å². The summed E-state index contributed by atoms with van der Waals surface area (Å²) in [5, 5.41) is 0. The number of alkyl halides is 3. The van der Waals surface area contributed by atoms with E-state index in [1.165, 1.54) is 0 Å². The molecular weight excluding hydrogens is 198 g/mol. The van der Waals surface area contributed by atoms with Crippen molar-refractivity contribution in [1.82, 2.24) is 0 Å². The predicted octanol–water partition coefficient (Wildman–Crippen LogP) is 2.35. The zero-order chi connectivity index (χ0) is 10.8. The smallest absolute Gasteiger partial charge is 0.330 e. The van der Waals surface area contributed by atoms with Crippen molar-refractivity contribution in [3.8, 4) is 0 Å². The van der Waals surface area contributed by atoms with Crippen molar-refractivity contribution in [2.75, 3.05) is 6.54 Å². The Hall–Kier alpha value is -1.10. The van der Waals surface area contributed by atoms with E-state index in [4.69, 9.17) is 5.73 Å². The van der Waals surface area contributed by atoms with E-state index in [1.54, 1.807) is 0 Å². The highest BCUT2D eigenvalue weighted by atomic mass is 19.4. The highest BCUT2D eigenvalue weighted by Gasteiger charge is 2.33. The SMILES string of the molecule is NCCc1ccc(F)cc1C(F)(F)F. The minimum Gasteiger partial charge on any atom is -0.330 e. The molecule has 0 radical (unpaired) electrons. The van der Waals surface area contributed by atoms with E-state index in [9.17, 15) is 17.6 Å². The second kappa shape index (κ2) is 3.96. The number of benzene rings is 1. The Morgan fingerprint density at radius 3 is 2.36 bits per heavy atom. The molecule has 0 saturated heterocycles. The van der Waals surface area contributed by atoms with E-state index in [0.29, 0.717) is 6.07 Å². The van der Waals surface area contributed by atoms with Crippen LogP contribution in [0.25, 0.3) is 0 Å². The first-order valence-electron chi connectivity index (χ1n) is 4.01. The lowest BCUT2D eigenvalue weighted by atomic mass is 10.0. The van der Waals surface area contributed by atoms with Crippen LogP contribution in [0.1, 0.15) is 11.1 Å².